The molecule has 0 aromatic carbocycles. The third-order valence-corrected chi connectivity index (χ3v) is 9.21. The molecule has 33 heavy (non-hydrogen) atoms. The smallest absolute Gasteiger partial charge is 0.220 e. The number of pyridine rings is 1. The van der Waals surface area contributed by atoms with E-state index in [2.05, 4.69) is 32.6 Å². The summed E-state index contributed by atoms with van der Waals surface area (Å²) >= 11 is 1.81. The van der Waals surface area contributed by atoms with Gasteiger partial charge in [0.2, 0.25) is 5.91 Å². The zero-order valence-corrected chi connectivity index (χ0v) is 20.8. The molecule has 2 aromatic heterocycles. The van der Waals surface area contributed by atoms with Crippen LogP contribution in [0.5, 0.6) is 0 Å². The first kappa shape index (κ1) is 23.1. The van der Waals surface area contributed by atoms with E-state index in [1.807, 2.05) is 6.20 Å². The van der Waals surface area contributed by atoms with E-state index < -0.39 is 0 Å². The molecule has 0 unspecified atom stereocenters. The van der Waals surface area contributed by atoms with Crippen molar-refractivity contribution in [2.24, 2.45) is 11.8 Å². The first-order chi connectivity index (χ1) is 16.2. The molecule has 2 aromatic rings. The number of amides is 1. The molecule has 2 saturated carbocycles. The van der Waals surface area contributed by atoms with Crippen LogP contribution >= 0.6 is 11.3 Å². The normalized spacial score (nSPS) is 25.4. The maximum absolute atomic E-state index is 12.5. The van der Waals surface area contributed by atoms with Crippen LogP contribution < -0.4 is 10.2 Å². The van der Waals surface area contributed by atoms with Crippen molar-refractivity contribution < 1.29 is 4.79 Å². The SMILES string of the molecule is O=C(CC1CCCCC1)NC1CCC(CCN2CCN(c3nccc4ccsc34)CC2)CC1. The van der Waals surface area contributed by atoms with Crippen molar-refractivity contribution in [2.75, 3.05) is 37.6 Å². The van der Waals surface area contributed by atoms with Gasteiger partial charge in [0.25, 0.3) is 0 Å². The van der Waals surface area contributed by atoms with Gasteiger partial charge in [0.15, 0.2) is 0 Å². The summed E-state index contributed by atoms with van der Waals surface area (Å²) in [6.07, 6.45) is 15.4. The van der Waals surface area contributed by atoms with Gasteiger partial charge in [-0.3, -0.25) is 9.69 Å². The number of aromatic nitrogens is 1. The number of thiophene rings is 1. The van der Waals surface area contributed by atoms with Gasteiger partial charge in [0, 0.05) is 44.8 Å². The van der Waals surface area contributed by atoms with Gasteiger partial charge in [0.05, 0.1) is 4.70 Å². The van der Waals surface area contributed by atoms with Gasteiger partial charge in [-0.05, 0) is 86.2 Å². The highest BCUT2D eigenvalue weighted by atomic mass is 32.1. The number of carbonyl (C=O) groups is 1. The summed E-state index contributed by atoms with van der Waals surface area (Å²) in [5.41, 5.74) is 0. The summed E-state index contributed by atoms with van der Waals surface area (Å²) in [5.74, 6) is 2.96. The number of piperazine rings is 1. The van der Waals surface area contributed by atoms with Crippen LogP contribution in [0.15, 0.2) is 23.7 Å². The Morgan fingerprint density at radius 1 is 0.970 bits per heavy atom. The van der Waals surface area contributed by atoms with Gasteiger partial charge in [-0.25, -0.2) is 4.98 Å². The van der Waals surface area contributed by atoms with Crippen LogP contribution in [0.2, 0.25) is 0 Å². The van der Waals surface area contributed by atoms with E-state index in [0.717, 1.165) is 38.5 Å². The molecule has 1 saturated heterocycles. The Bertz CT molecular complexity index is 892. The lowest BCUT2D eigenvalue weighted by Gasteiger charge is -2.37. The molecule has 3 fully saturated rings. The number of fused-ring (bicyclic) bond motifs is 1. The highest BCUT2D eigenvalue weighted by Gasteiger charge is 2.25. The van der Waals surface area contributed by atoms with E-state index >= 15 is 0 Å². The Balaban J connectivity index is 0.989. The number of anilines is 1. The van der Waals surface area contributed by atoms with E-state index in [-0.39, 0.29) is 0 Å². The fraction of sp³-hybridized carbons (Fsp3) is 0.704. The second-order valence-electron chi connectivity index (χ2n) is 10.6. The van der Waals surface area contributed by atoms with Crippen LogP contribution in [0.3, 0.4) is 0 Å². The summed E-state index contributed by atoms with van der Waals surface area (Å²) < 4.78 is 1.33. The minimum absolute atomic E-state index is 0.316. The molecule has 6 heteroatoms. The number of nitrogens with zero attached hydrogens (tertiary/aromatic N) is 3. The third-order valence-electron chi connectivity index (χ3n) is 8.29. The molecule has 1 aliphatic heterocycles. The fourth-order valence-corrected chi connectivity index (χ4v) is 7.10. The molecule has 0 atom stereocenters. The first-order valence-electron chi connectivity index (χ1n) is 13.3. The third kappa shape index (κ3) is 6.07. The maximum atomic E-state index is 12.5. The van der Waals surface area contributed by atoms with Crippen LogP contribution in [0.4, 0.5) is 5.82 Å². The summed E-state index contributed by atoms with van der Waals surface area (Å²) in [4.78, 5) is 22.3. The average Bonchev–Trinajstić information content (AvgIpc) is 3.34. The number of carbonyl (C=O) groups excluding carboxylic acids is 1. The Kier molecular flexibility index (Phi) is 7.82. The zero-order valence-electron chi connectivity index (χ0n) is 20.0. The topological polar surface area (TPSA) is 48.5 Å². The lowest BCUT2D eigenvalue weighted by atomic mass is 9.83. The summed E-state index contributed by atoms with van der Waals surface area (Å²) in [7, 11) is 0. The molecule has 1 N–H and O–H groups in total. The van der Waals surface area contributed by atoms with Crippen LogP contribution in [0, 0.1) is 11.8 Å². The molecule has 180 valence electrons. The van der Waals surface area contributed by atoms with E-state index in [1.165, 1.54) is 86.7 Å². The second-order valence-corrected chi connectivity index (χ2v) is 11.5. The number of hydrogen-bond donors (Lipinski definition) is 1. The molecule has 3 aliphatic rings. The predicted molar refractivity (Wildman–Crippen MR) is 138 cm³/mol. The van der Waals surface area contributed by atoms with Gasteiger partial charge in [-0.2, -0.15) is 0 Å². The molecule has 2 aliphatic carbocycles. The van der Waals surface area contributed by atoms with Crippen molar-refractivity contribution in [3.05, 3.63) is 23.7 Å². The lowest BCUT2D eigenvalue weighted by Crippen LogP contribution is -2.47. The van der Waals surface area contributed by atoms with Gasteiger partial charge in [-0.1, -0.05) is 19.3 Å². The minimum atomic E-state index is 0.316. The van der Waals surface area contributed by atoms with Crippen molar-refractivity contribution in [2.45, 2.75) is 76.7 Å². The Morgan fingerprint density at radius 2 is 1.76 bits per heavy atom. The van der Waals surface area contributed by atoms with Crippen molar-refractivity contribution >= 4 is 33.1 Å². The Labute approximate surface area is 202 Å². The van der Waals surface area contributed by atoms with Crippen molar-refractivity contribution in [1.29, 1.82) is 0 Å². The monoisotopic (exact) mass is 468 g/mol. The van der Waals surface area contributed by atoms with Crippen LogP contribution in [-0.2, 0) is 4.79 Å². The van der Waals surface area contributed by atoms with Gasteiger partial charge >= 0.3 is 0 Å². The van der Waals surface area contributed by atoms with Crippen molar-refractivity contribution in [3.8, 4) is 0 Å². The Hall–Kier alpha value is -1.66. The summed E-state index contributed by atoms with van der Waals surface area (Å²) in [6, 6.07) is 4.73. The minimum Gasteiger partial charge on any atom is -0.353 e. The predicted octanol–water partition coefficient (Wildman–Crippen LogP) is 5.45. The maximum Gasteiger partial charge on any atom is 0.220 e. The van der Waals surface area contributed by atoms with Gasteiger partial charge in [0.1, 0.15) is 5.82 Å². The standard InChI is InChI=1S/C27H40N4OS/c32-25(20-22-4-2-1-3-5-22)29-24-8-6-21(7-9-24)11-14-30-15-17-31(18-16-30)27-26-23(10-13-28-27)12-19-33-26/h10,12-13,19,21-22,24H,1-9,11,14-18,20H2,(H,29,32). The number of nitrogens with one attached hydrogen (secondary N) is 1. The summed E-state index contributed by atoms with van der Waals surface area (Å²) in [6.45, 7) is 5.63. The van der Waals surface area contributed by atoms with Crippen LogP contribution in [-0.4, -0.2) is 54.6 Å². The molecule has 0 radical (unpaired) electrons. The van der Waals surface area contributed by atoms with Gasteiger partial charge in [-0.15, -0.1) is 11.3 Å². The second kappa shape index (κ2) is 11.2. The van der Waals surface area contributed by atoms with E-state index in [0.29, 0.717) is 17.9 Å². The highest BCUT2D eigenvalue weighted by Crippen LogP contribution is 2.31. The van der Waals surface area contributed by atoms with Crippen molar-refractivity contribution in [3.63, 3.8) is 0 Å². The lowest BCUT2D eigenvalue weighted by molar-refractivity contribution is -0.123. The van der Waals surface area contributed by atoms with Crippen LogP contribution in [0.1, 0.15) is 70.6 Å². The largest absolute Gasteiger partial charge is 0.353 e. The van der Waals surface area contributed by atoms with E-state index in [9.17, 15) is 4.79 Å². The molecular weight excluding hydrogens is 428 g/mol. The quantitative estimate of drug-likeness (QED) is 0.587. The number of hydrogen-bond acceptors (Lipinski definition) is 5. The first-order valence-corrected chi connectivity index (χ1v) is 14.2. The average molecular weight is 469 g/mol. The van der Waals surface area contributed by atoms with E-state index in [4.69, 9.17) is 4.98 Å². The molecule has 0 spiro atoms. The van der Waals surface area contributed by atoms with Crippen LogP contribution in [0.25, 0.3) is 10.1 Å². The molecule has 1 amide bonds. The van der Waals surface area contributed by atoms with E-state index in [1.54, 1.807) is 11.3 Å². The molecule has 0 bridgehead atoms. The van der Waals surface area contributed by atoms with Crippen molar-refractivity contribution in [1.82, 2.24) is 15.2 Å². The molecular formula is C27H40N4OS. The zero-order chi connectivity index (χ0) is 22.5. The molecule has 5 rings (SSSR count). The number of rotatable bonds is 7. The summed E-state index contributed by atoms with van der Waals surface area (Å²) in [5, 5.41) is 6.85. The highest BCUT2D eigenvalue weighted by molar-refractivity contribution is 7.17. The van der Waals surface area contributed by atoms with Gasteiger partial charge < -0.3 is 10.2 Å². The molecule has 5 nitrogen and oxygen atoms in total. The fourth-order valence-electron chi connectivity index (χ4n) is 6.19. The molecule has 3 heterocycles. The Morgan fingerprint density at radius 3 is 2.55 bits per heavy atom.